The van der Waals surface area contributed by atoms with Crippen molar-refractivity contribution < 1.29 is 4.79 Å². The number of urea groups is 1. The highest BCUT2D eigenvalue weighted by Gasteiger charge is 2.18. The highest BCUT2D eigenvalue weighted by molar-refractivity contribution is 7.15. The van der Waals surface area contributed by atoms with Crippen LogP contribution in [0, 0.1) is 11.8 Å². The summed E-state index contributed by atoms with van der Waals surface area (Å²) >= 11 is 1.49. The molecule has 1 heterocycles. The zero-order valence-electron chi connectivity index (χ0n) is 12.3. The normalized spacial score (nSPS) is 15.8. The van der Waals surface area contributed by atoms with Crippen molar-refractivity contribution in [2.75, 3.05) is 11.9 Å². The Hall–Kier alpha value is -1.17. The van der Waals surface area contributed by atoms with Gasteiger partial charge in [-0.3, -0.25) is 5.32 Å². The number of rotatable bonds is 6. The molecule has 0 spiro atoms. The fourth-order valence-electron chi connectivity index (χ4n) is 2.46. The Morgan fingerprint density at radius 3 is 2.80 bits per heavy atom. The van der Waals surface area contributed by atoms with Gasteiger partial charge in [0.25, 0.3) is 0 Å². The van der Waals surface area contributed by atoms with Gasteiger partial charge in [-0.25, -0.2) is 4.79 Å². The van der Waals surface area contributed by atoms with Gasteiger partial charge in [0.05, 0.1) is 0 Å². The second kappa shape index (κ2) is 7.57. The van der Waals surface area contributed by atoms with Crippen LogP contribution in [0.4, 0.5) is 9.93 Å². The van der Waals surface area contributed by atoms with Crippen LogP contribution in [0.5, 0.6) is 0 Å². The van der Waals surface area contributed by atoms with E-state index in [0.717, 1.165) is 23.8 Å². The van der Waals surface area contributed by atoms with E-state index >= 15 is 0 Å². The molecule has 2 N–H and O–H groups in total. The minimum atomic E-state index is -0.186. The fraction of sp³-hybridized carbons (Fsp3) is 0.786. The van der Waals surface area contributed by atoms with Crippen LogP contribution in [0.2, 0.25) is 0 Å². The first-order valence-corrected chi connectivity index (χ1v) is 8.32. The maximum atomic E-state index is 11.7. The van der Waals surface area contributed by atoms with Crippen molar-refractivity contribution in [1.82, 2.24) is 15.5 Å². The molecule has 1 saturated carbocycles. The molecule has 6 heteroatoms. The molecular weight excluding hydrogens is 272 g/mol. The Morgan fingerprint density at radius 1 is 1.35 bits per heavy atom. The SMILES string of the molecule is CC(C)CCNC(=O)Nc1nnc(CC2CCCC2)s1. The Kier molecular flexibility index (Phi) is 5.76. The third-order valence-corrected chi connectivity index (χ3v) is 4.49. The van der Waals surface area contributed by atoms with Crippen LogP contribution in [0.1, 0.15) is 51.0 Å². The van der Waals surface area contributed by atoms with Gasteiger partial charge in [0.2, 0.25) is 5.13 Å². The van der Waals surface area contributed by atoms with E-state index in [9.17, 15) is 4.79 Å². The van der Waals surface area contributed by atoms with Gasteiger partial charge in [-0.15, -0.1) is 10.2 Å². The standard InChI is InChI=1S/C14H24N4OS/c1-10(2)7-8-15-13(19)16-14-18-17-12(20-14)9-11-5-3-4-6-11/h10-11H,3-9H2,1-2H3,(H2,15,16,18,19). The second-order valence-corrected chi connectivity index (χ2v) is 6.98. The molecule has 0 atom stereocenters. The molecule has 0 aromatic carbocycles. The summed E-state index contributed by atoms with van der Waals surface area (Å²) in [5, 5.41) is 15.4. The van der Waals surface area contributed by atoms with Crippen molar-refractivity contribution in [3.05, 3.63) is 5.01 Å². The Bertz CT molecular complexity index is 427. The topological polar surface area (TPSA) is 66.9 Å². The van der Waals surface area contributed by atoms with E-state index in [4.69, 9.17) is 0 Å². The zero-order valence-corrected chi connectivity index (χ0v) is 13.1. The maximum absolute atomic E-state index is 11.7. The van der Waals surface area contributed by atoms with Crippen LogP contribution in [0.25, 0.3) is 0 Å². The molecule has 5 nitrogen and oxygen atoms in total. The smallest absolute Gasteiger partial charge is 0.321 e. The Morgan fingerprint density at radius 2 is 2.10 bits per heavy atom. The summed E-state index contributed by atoms with van der Waals surface area (Å²) in [4.78, 5) is 11.7. The first-order chi connectivity index (χ1) is 9.63. The van der Waals surface area contributed by atoms with E-state index < -0.39 is 0 Å². The Balaban J connectivity index is 1.72. The first kappa shape index (κ1) is 15.2. The molecule has 0 radical (unpaired) electrons. The number of carbonyl (C=O) groups is 1. The number of anilines is 1. The van der Waals surface area contributed by atoms with Crippen molar-refractivity contribution in [1.29, 1.82) is 0 Å². The number of hydrogen-bond acceptors (Lipinski definition) is 4. The number of nitrogens with zero attached hydrogens (tertiary/aromatic N) is 2. The van der Waals surface area contributed by atoms with Crippen LogP contribution in [-0.4, -0.2) is 22.8 Å². The average molecular weight is 296 g/mol. The summed E-state index contributed by atoms with van der Waals surface area (Å²) in [6.07, 6.45) is 7.28. The second-order valence-electron chi connectivity index (χ2n) is 5.92. The van der Waals surface area contributed by atoms with Gasteiger partial charge in [0.1, 0.15) is 5.01 Å². The molecule has 1 aromatic heterocycles. The number of hydrogen-bond donors (Lipinski definition) is 2. The minimum absolute atomic E-state index is 0.186. The van der Waals surface area contributed by atoms with Crippen LogP contribution in [-0.2, 0) is 6.42 Å². The van der Waals surface area contributed by atoms with Crippen LogP contribution in [0.15, 0.2) is 0 Å². The highest BCUT2D eigenvalue weighted by atomic mass is 32.1. The van der Waals surface area contributed by atoms with Crippen molar-refractivity contribution in [3.63, 3.8) is 0 Å². The summed E-state index contributed by atoms with van der Waals surface area (Å²) in [6, 6.07) is -0.186. The van der Waals surface area contributed by atoms with Crippen molar-refractivity contribution in [3.8, 4) is 0 Å². The largest absolute Gasteiger partial charge is 0.338 e. The van der Waals surface area contributed by atoms with Gasteiger partial charge in [0, 0.05) is 13.0 Å². The van der Waals surface area contributed by atoms with Gasteiger partial charge in [-0.05, 0) is 18.3 Å². The first-order valence-electron chi connectivity index (χ1n) is 7.50. The molecule has 1 aliphatic carbocycles. The third kappa shape index (κ3) is 5.07. The zero-order chi connectivity index (χ0) is 14.4. The van der Waals surface area contributed by atoms with Gasteiger partial charge < -0.3 is 5.32 Å². The molecule has 0 aliphatic heterocycles. The summed E-state index contributed by atoms with van der Waals surface area (Å²) < 4.78 is 0. The van der Waals surface area contributed by atoms with Crippen LogP contribution >= 0.6 is 11.3 Å². The summed E-state index contributed by atoms with van der Waals surface area (Å²) in [7, 11) is 0. The summed E-state index contributed by atoms with van der Waals surface area (Å²) in [6.45, 7) is 4.97. The van der Waals surface area contributed by atoms with E-state index in [1.54, 1.807) is 0 Å². The summed E-state index contributed by atoms with van der Waals surface area (Å²) in [5.41, 5.74) is 0. The molecule has 20 heavy (non-hydrogen) atoms. The Labute approximate surface area is 124 Å². The maximum Gasteiger partial charge on any atom is 0.321 e. The lowest BCUT2D eigenvalue weighted by Crippen LogP contribution is -2.30. The predicted molar refractivity (Wildman–Crippen MR) is 82.0 cm³/mol. The molecule has 1 aliphatic rings. The van der Waals surface area contributed by atoms with E-state index in [1.165, 1.54) is 37.0 Å². The predicted octanol–water partition coefficient (Wildman–Crippen LogP) is 3.44. The van der Waals surface area contributed by atoms with Crippen LogP contribution in [0.3, 0.4) is 0 Å². The third-order valence-electron chi connectivity index (χ3n) is 3.63. The molecule has 2 rings (SSSR count). The number of amides is 2. The lowest BCUT2D eigenvalue weighted by atomic mass is 10.1. The molecular formula is C14H24N4OS. The highest BCUT2D eigenvalue weighted by Crippen LogP contribution is 2.29. The number of carbonyl (C=O) groups excluding carboxylic acids is 1. The van der Waals surface area contributed by atoms with Crippen molar-refractivity contribution in [2.24, 2.45) is 11.8 Å². The lowest BCUT2D eigenvalue weighted by Gasteiger charge is -2.06. The van der Waals surface area contributed by atoms with Gasteiger partial charge >= 0.3 is 6.03 Å². The summed E-state index contributed by atoms with van der Waals surface area (Å²) in [5.74, 6) is 1.35. The minimum Gasteiger partial charge on any atom is -0.338 e. The molecule has 1 fully saturated rings. The molecule has 0 unspecified atom stereocenters. The molecule has 2 amide bonds. The van der Waals surface area contributed by atoms with Crippen molar-refractivity contribution in [2.45, 2.75) is 52.4 Å². The number of aromatic nitrogens is 2. The number of nitrogens with one attached hydrogen (secondary N) is 2. The van der Waals surface area contributed by atoms with Crippen LogP contribution < -0.4 is 10.6 Å². The quantitative estimate of drug-likeness (QED) is 0.845. The molecule has 1 aromatic rings. The molecule has 112 valence electrons. The van der Waals surface area contributed by atoms with Crippen molar-refractivity contribution >= 4 is 22.5 Å². The monoisotopic (exact) mass is 296 g/mol. The molecule has 0 bridgehead atoms. The fourth-order valence-corrected chi connectivity index (χ4v) is 3.31. The lowest BCUT2D eigenvalue weighted by molar-refractivity contribution is 0.251. The van der Waals surface area contributed by atoms with E-state index in [1.807, 2.05) is 0 Å². The van der Waals surface area contributed by atoms with E-state index in [0.29, 0.717) is 17.6 Å². The molecule has 0 saturated heterocycles. The average Bonchev–Trinajstić information content (AvgIpc) is 3.01. The van der Waals surface area contributed by atoms with Gasteiger partial charge in [0.15, 0.2) is 0 Å². The van der Waals surface area contributed by atoms with Gasteiger partial charge in [-0.2, -0.15) is 0 Å². The van der Waals surface area contributed by atoms with E-state index in [2.05, 4.69) is 34.7 Å². The van der Waals surface area contributed by atoms with Gasteiger partial charge in [-0.1, -0.05) is 50.9 Å². The van der Waals surface area contributed by atoms with E-state index in [-0.39, 0.29) is 6.03 Å².